The van der Waals surface area contributed by atoms with Crippen LogP contribution in [0.5, 0.6) is 0 Å². The Hall–Kier alpha value is -5.44. The van der Waals surface area contributed by atoms with E-state index < -0.39 is 39.9 Å². The number of nitro groups is 1. The summed E-state index contributed by atoms with van der Waals surface area (Å²) in [6.45, 7) is 0. The zero-order valence-electron chi connectivity index (χ0n) is 22.2. The van der Waals surface area contributed by atoms with Crippen LogP contribution in [0.1, 0.15) is 33.7 Å². The molecule has 42 heavy (non-hydrogen) atoms. The number of carbonyl (C=O) groups is 3. The van der Waals surface area contributed by atoms with Gasteiger partial charge < -0.3 is 0 Å². The number of benzene rings is 4. The molecule has 1 saturated heterocycles. The molecule has 1 heterocycles. The van der Waals surface area contributed by atoms with Gasteiger partial charge in [0.1, 0.15) is 5.69 Å². The molecule has 9 heteroatoms. The number of anilines is 1. The molecule has 1 N–H and O–H groups in total. The van der Waals surface area contributed by atoms with E-state index in [4.69, 9.17) is 0 Å². The predicted molar refractivity (Wildman–Crippen MR) is 155 cm³/mol. The van der Waals surface area contributed by atoms with Gasteiger partial charge in [0.05, 0.1) is 28.6 Å². The molecule has 2 atom stereocenters. The molecule has 4 aromatic carbocycles. The molecule has 1 fully saturated rings. The minimum absolute atomic E-state index is 0.0531. The standard InChI is InChI=1S/C33H24N4O5/c38-27(18-20-10-2-1-3-11-20)35-34-19-33-23-14-6-4-12-21(23)28(22-13-5-7-15-24(22)33)29-30(33)32(40)36(31(29)39)25-16-8-9-17-26(25)37(41)42/h1-17,19,28-30H,18H2,(H,35,38)/b34-19-/t28?,29-,30+,33?/m1/s1. The summed E-state index contributed by atoms with van der Waals surface area (Å²) in [5, 5.41) is 16.3. The second-order valence-electron chi connectivity index (χ2n) is 10.7. The molecule has 2 bridgehead atoms. The van der Waals surface area contributed by atoms with Gasteiger partial charge in [0.25, 0.3) is 5.69 Å². The SMILES string of the molecule is O=C(Cc1ccccc1)N/N=C\C12c3ccccc3C(c3ccccc31)[C@H]1C(=O)N(c3ccccc3[N+](=O)[O-])C(=O)[C@H]12. The number of nitro benzene ring substituents is 1. The Kier molecular flexibility index (Phi) is 5.83. The first kappa shape index (κ1) is 25.5. The average molecular weight is 557 g/mol. The molecule has 206 valence electrons. The van der Waals surface area contributed by atoms with Gasteiger partial charge >= 0.3 is 0 Å². The van der Waals surface area contributed by atoms with Gasteiger partial charge in [-0.25, -0.2) is 10.3 Å². The van der Waals surface area contributed by atoms with Gasteiger partial charge in [0.2, 0.25) is 17.7 Å². The van der Waals surface area contributed by atoms with Crippen LogP contribution >= 0.6 is 0 Å². The summed E-state index contributed by atoms with van der Waals surface area (Å²) >= 11 is 0. The first-order valence-electron chi connectivity index (χ1n) is 13.6. The smallest absolute Gasteiger partial charge is 0.274 e. The van der Waals surface area contributed by atoms with Crippen molar-refractivity contribution < 1.29 is 19.3 Å². The fraction of sp³-hybridized carbons (Fsp3) is 0.152. The molecule has 4 aliphatic rings. The highest BCUT2D eigenvalue weighted by molar-refractivity contribution is 6.25. The number of nitrogens with zero attached hydrogens (tertiary/aromatic N) is 3. The lowest BCUT2D eigenvalue weighted by molar-refractivity contribution is -0.384. The van der Waals surface area contributed by atoms with Crippen LogP contribution in [0.2, 0.25) is 0 Å². The first-order valence-corrected chi connectivity index (χ1v) is 13.6. The van der Waals surface area contributed by atoms with E-state index >= 15 is 0 Å². The Morgan fingerprint density at radius 1 is 0.857 bits per heavy atom. The summed E-state index contributed by atoms with van der Waals surface area (Å²) in [4.78, 5) is 53.7. The highest BCUT2D eigenvalue weighted by Gasteiger charge is 2.68. The van der Waals surface area contributed by atoms with Crippen molar-refractivity contribution in [2.24, 2.45) is 16.9 Å². The molecular weight excluding hydrogens is 532 g/mol. The Balaban J connectivity index is 1.38. The summed E-state index contributed by atoms with van der Waals surface area (Å²) in [6.07, 6.45) is 1.70. The van der Waals surface area contributed by atoms with Crippen LogP contribution in [0.3, 0.4) is 0 Å². The highest BCUT2D eigenvalue weighted by Crippen LogP contribution is 2.63. The van der Waals surface area contributed by atoms with E-state index in [0.29, 0.717) is 0 Å². The molecule has 0 unspecified atom stereocenters. The van der Waals surface area contributed by atoms with Crippen LogP contribution in [-0.4, -0.2) is 28.9 Å². The fourth-order valence-electron chi connectivity index (χ4n) is 7.12. The molecular formula is C33H24N4O5. The number of nitrogens with one attached hydrogen (secondary N) is 1. The Morgan fingerprint density at radius 2 is 1.45 bits per heavy atom. The summed E-state index contributed by atoms with van der Waals surface area (Å²) in [6, 6.07) is 30.4. The maximum atomic E-state index is 14.4. The minimum atomic E-state index is -1.20. The Labute approximate surface area is 240 Å². The van der Waals surface area contributed by atoms with E-state index in [2.05, 4.69) is 10.5 Å². The number of amides is 3. The molecule has 3 aliphatic carbocycles. The van der Waals surface area contributed by atoms with Gasteiger partial charge in [0.15, 0.2) is 0 Å². The van der Waals surface area contributed by atoms with Gasteiger partial charge in [-0.1, -0.05) is 91.0 Å². The van der Waals surface area contributed by atoms with E-state index in [-0.39, 0.29) is 23.7 Å². The van der Waals surface area contributed by atoms with Crippen molar-refractivity contribution >= 4 is 35.3 Å². The lowest BCUT2D eigenvalue weighted by Crippen LogP contribution is -2.54. The number of hydrazone groups is 1. The highest BCUT2D eigenvalue weighted by atomic mass is 16.6. The van der Waals surface area contributed by atoms with Gasteiger partial charge in [-0.15, -0.1) is 0 Å². The van der Waals surface area contributed by atoms with Crippen LogP contribution in [0.15, 0.2) is 108 Å². The first-order chi connectivity index (χ1) is 20.4. The molecule has 0 aromatic heterocycles. The third-order valence-corrected chi connectivity index (χ3v) is 8.67. The number of hydrogen-bond acceptors (Lipinski definition) is 6. The summed E-state index contributed by atoms with van der Waals surface area (Å²) < 4.78 is 0. The van der Waals surface area contributed by atoms with Gasteiger partial charge in [0, 0.05) is 18.2 Å². The van der Waals surface area contributed by atoms with Crippen molar-refractivity contribution in [2.75, 3.05) is 4.90 Å². The predicted octanol–water partition coefficient (Wildman–Crippen LogP) is 4.49. The van der Waals surface area contributed by atoms with Gasteiger partial charge in [-0.3, -0.25) is 24.5 Å². The van der Waals surface area contributed by atoms with Crippen LogP contribution in [-0.2, 0) is 26.2 Å². The van der Waals surface area contributed by atoms with Gasteiger partial charge in [-0.2, -0.15) is 5.10 Å². The van der Waals surface area contributed by atoms with Crippen molar-refractivity contribution in [3.63, 3.8) is 0 Å². The minimum Gasteiger partial charge on any atom is -0.274 e. The monoisotopic (exact) mass is 556 g/mol. The van der Waals surface area contributed by atoms with Crippen molar-refractivity contribution in [3.8, 4) is 0 Å². The second-order valence-corrected chi connectivity index (χ2v) is 10.7. The number of imide groups is 1. The molecule has 9 nitrogen and oxygen atoms in total. The van der Waals surface area contributed by atoms with Crippen LogP contribution in [0.25, 0.3) is 0 Å². The van der Waals surface area contributed by atoms with Gasteiger partial charge in [-0.05, 0) is 33.9 Å². The molecule has 3 amide bonds. The van der Waals surface area contributed by atoms with Crippen LogP contribution in [0, 0.1) is 22.0 Å². The van der Waals surface area contributed by atoms with E-state index in [0.717, 1.165) is 32.7 Å². The largest absolute Gasteiger partial charge is 0.293 e. The molecule has 4 aromatic rings. The van der Waals surface area contributed by atoms with Crippen molar-refractivity contribution in [2.45, 2.75) is 17.8 Å². The number of hydrogen-bond donors (Lipinski definition) is 1. The lowest BCUT2D eigenvalue weighted by Gasteiger charge is -2.52. The van der Waals surface area contributed by atoms with E-state index in [1.54, 1.807) is 12.3 Å². The number of carbonyl (C=O) groups excluding carboxylic acids is 3. The Bertz CT molecular complexity index is 1770. The molecule has 1 aliphatic heterocycles. The molecule has 0 spiro atoms. The second kappa shape index (κ2) is 9.59. The summed E-state index contributed by atoms with van der Waals surface area (Å²) in [5.41, 5.74) is 5.30. The third kappa shape index (κ3) is 3.56. The zero-order chi connectivity index (χ0) is 29.0. The Morgan fingerprint density at radius 3 is 2.12 bits per heavy atom. The maximum absolute atomic E-state index is 14.4. The summed E-state index contributed by atoms with van der Waals surface area (Å²) in [7, 11) is 0. The zero-order valence-corrected chi connectivity index (χ0v) is 22.2. The summed E-state index contributed by atoms with van der Waals surface area (Å²) in [5.74, 6) is -3.50. The third-order valence-electron chi connectivity index (χ3n) is 8.67. The fourth-order valence-corrected chi connectivity index (χ4v) is 7.12. The molecule has 8 rings (SSSR count). The van der Waals surface area contributed by atoms with Crippen LogP contribution in [0.4, 0.5) is 11.4 Å². The normalized spacial score (nSPS) is 23.4. The molecule has 0 saturated carbocycles. The van der Waals surface area contributed by atoms with E-state index in [1.165, 1.54) is 18.2 Å². The quantitative estimate of drug-likeness (QED) is 0.162. The van der Waals surface area contributed by atoms with Crippen molar-refractivity contribution in [3.05, 3.63) is 141 Å². The van der Waals surface area contributed by atoms with Crippen molar-refractivity contribution in [1.29, 1.82) is 0 Å². The lowest BCUT2D eigenvalue weighted by atomic mass is 9.47. The molecule has 0 radical (unpaired) electrons. The number of rotatable bonds is 6. The topological polar surface area (TPSA) is 122 Å². The maximum Gasteiger partial charge on any atom is 0.293 e. The van der Waals surface area contributed by atoms with Crippen LogP contribution < -0.4 is 10.3 Å². The van der Waals surface area contributed by atoms with E-state index in [1.807, 2.05) is 78.9 Å². The number of para-hydroxylation sites is 2. The van der Waals surface area contributed by atoms with E-state index in [9.17, 15) is 24.5 Å². The average Bonchev–Trinajstić information content (AvgIpc) is 3.28. The van der Waals surface area contributed by atoms with Crippen molar-refractivity contribution in [1.82, 2.24) is 5.43 Å².